The molecule has 0 unspecified atom stereocenters. The Bertz CT molecular complexity index is 1460. The molecule has 1 aromatic heterocycles. The van der Waals surface area contributed by atoms with Crippen LogP contribution in [0.2, 0.25) is 0 Å². The summed E-state index contributed by atoms with van der Waals surface area (Å²) < 4.78 is 0.225. The smallest absolute Gasteiger partial charge is 0.323 e. The molecular weight excluding hydrogens is 597 g/mol. The largest absolute Gasteiger partial charge is 0.480 e. The Balaban J connectivity index is 0.000000548. The number of aliphatic carboxylic acids is 1. The number of benzene rings is 3. The Labute approximate surface area is 265 Å². The number of piperidine rings is 1. The summed E-state index contributed by atoms with van der Waals surface area (Å²) in [5.41, 5.74) is 3.03. The van der Waals surface area contributed by atoms with Crippen molar-refractivity contribution in [3.8, 4) is 0 Å². The molecule has 6 rings (SSSR count). The predicted molar refractivity (Wildman–Crippen MR) is 179 cm³/mol. The number of nitrogens with zero attached hydrogens (tertiary/aromatic N) is 2. The number of thioether (sulfide) groups is 1. The van der Waals surface area contributed by atoms with Crippen LogP contribution in [0, 0.1) is 0 Å². The van der Waals surface area contributed by atoms with Crippen molar-refractivity contribution < 1.29 is 14.7 Å². The summed E-state index contributed by atoms with van der Waals surface area (Å²) in [6, 6.07) is 30.6. The molecule has 4 aromatic rings. The van der Waals surface area contributed by atoms with Crippen molar-refractivity contribution in [3.63, 3.8) is 0 Å². The quantitative estimate of drug-likeness (QED) is 0.114. The lowest BCUT2D eigenvalue weighted by molar-refractivity contribution is -0.140. The Hall–Kier alpha value is -3.83. The Morgan fingerprint density at radius 1 is 0.930 bits per heavy atom. The molecule has 0 bridgehead atoms. The maximum Gasteiger partial charge on any atom is 0.323 e. The van der Waals surface area contributed by atoms with Crippen LogP contribution in [0.25, 0.3) is 6.08 Å². The summed E-state index contributed by atoms with van der Waals surface area (Å²) in [5.74, 6) is -1.54. The standard InChI is InChI=1S/C28H21N3O3S3.C5H11N/c32-24(33)17-31-25(34)23(37-27(31)35)16-22-18-36-26(29-22)30-28(19-10-4-1-5-11-19,20-12-6-2-7-13-20)21-14-8-3-9-15-21;1-2-4-6-5-3-1/h1-16,18H,17H2,(H,29,30)(H,32,33);6H,1-5H2. The van der Waals surface area contributed by atoms with E-state index in [2.05, 4.69) is 47.0 Å². The van der Waals surface area contributed by atoms with Gasteiger partial charge in [-0.25, -0.2) is 4.98 Å². The van der Waals surface area contributed by atoms with Crippen LogP contribution in [-0.4, -0.2) is 50.8 Å². The van der Waals surface area contributed by atoms with Gasteiger partial charge < -0.3 is 15.7 Å². The highest BCUT2D eigenvalue weighted by atomic mass is 32.2. The second kappa shape index (κ2) is 14.6. The third kappa shape index (κ3) is 7.40. The van der Waals surface area contributed by atoms with Gasteiger partial charge in [0.2, 0.25) is 0 Å². The SMILES string of the molecule is C1CCNCC1.O=C(O)CN1C(=O)C(=Cc2csc(NC(c3ccccc3)(c3ccccc3)c3ccccc3)n2)SC1=S. The van der Waals surface area contributed by atoms with E-state index in [1.165, 1.54) is 43.7 Å². The number of amides is 1. The van der Waals surface area contributed by atoms with Gasteiger partial charge in [0.15, 0.2) is 5.13 Å². The van der Waals surface area contributed by atoms with Gasteiger partial charge in [-0.2, -0.15) is 0 Å². The Kier molecular flexibility index (Phi) is 10.4. The zero-order valence-corrected chi connectivity index (χ0v) is 25.9. The van der Waals surface area contributed by atoms with Gasteiger partial charge in [0.25, 0.3) is 5.91 Å². The van der Waals surface area contributed by atoms with Crippen molar-refractivity contribution >= 4 is 62.7 Å². The fraction of sp³-hybridized carbons (Fsp3) is 0.212. The van der Waals surface area contributed by atoms with E-state index in [1.54, 1.807) is 6.08 Å². The van der Waals surface area contributed by atoms with Gasteiger partial charge in [-0.05, 0) is 48.7 Å². The number of nitrogens with one attached hydrogen (secondary N) is 2. The molecule has 0 radical (unpaired) electrons. The van der Waals surface area contributed by atoms with Crippen molar-refractivity contribution in [2.45, 2.75) is 24.8 Å². The number of carboxylic acid groups (broad SMARTS) is 1. The first kappa shape index (κ1) is 30.6. The first-order valence-electron chi connectivity index (χ1n) is 14.1. The number of carbonyl (C=O) groups excluding carboxylic acids is 1. The second-order valence-corrected chi connectivity index (χ2v) is 12.6. The van der Waals surface area contributed by atoms with Crippen molar-refractivity contribution in [3.05, 3.63) is 124 Å². The van der Waals surface area contributed by atoms with E-state index in [4.69, 9.17) is 22.3 Å². The maximum absolute atomic E-state index is 12.7. The topological polar surface area (TPSA) is 94.6 Å². The predicted octanol–water partition coefficient (Wildman–Crippen LogP) is 6.59. The number of thiocarbonyl (C=S) groups is 1. The minimum atomic E-state index is -1.11. The normalized spacial score (nSPS) is 16.1. The molecule has 2 aliphatic heterocycles. The summed E-state index contributed by atoms with van der Waals surface area (Å²) in [7, 11) is 0. The molecule has 2 saturated heterocycles. The molecule has 0 saturated carbocycles. The zero-order valence-electron chi connectivity index (χ0n) is 23.4. The van der Waals surface area contributed by atoms with Crippen LogP contribution in [0.5, 0.6) is 0 Å². The molecule has 0 spiro atoms. The van der Waals surface area contributed by atoms with Gasteiger partial charge in [-0.15, -0.1) is 11.3 Å². The molecule has 3 aromatic carbocycles. The van der Waals surface area contributed by atoms with E-state index in [-0.39, 0.29) is 4.32 Å². The van der Waals surface area contributed by atoms with Gasteiger partial charge in [-0.1, -0.05) is 121 Å². The molecule has 3 N–H and O–H groups in total. The number of anilines is 1. The van der Waals surface area contributed by atoms with Crippen LogP contribution >= 0.6 is 35.3 Å². The van der Waals surface area contributed by atoms with Gasteiger partial charge in [0.1, 0.15) is 16.4 Å². The summed E-state index contributed by atoms with van der Waals surface area (Å²) in [6.45, 7) is 2.04. The average molecular weight is 629 g/mol. The highest BCUT2D eigenvalue weighted by Crippen LogP contribution is 2.41. The molecular formula is C33H32N4O3S3. The van der Waals surface area contributed by atoms with Crippen molar-refractivity contribution in [1.82, 2.24) is 15.2 Å². The molecule has 43 heavy (non-hydrogen) atoms. The van der Waals surface area contributed by atoms with E-state index in [0.717, 1.165) is 33.4 Å². The fourth-order valence-electron chi connectivity index (χ4n) is 5.06. The molecule has 3 heterocycles. The molecule has 2 aliphatic rings. The first-order valence-corrected chi connectivity index (χ1v) is 16.2. The lowest BCUT2D eigenvalue weighted by Gasteiger charge is -2.36. The van der Waals surface area contributed by atoms with Crippen LogP contribution in [0.15, 0.2) is 101 Å². The van der Waals surface area contributed by atoms with Crippen LogP contribution < -0.4 is 10.6 Å². The van der Waals surface area contributed by atoms with Crippen LogP contribution in [0.4, 0.5) is 5.13 Å². The third-order valence-corrected chi connectivity index (χ3v) is 9.24. The maximum atomic E-state index is 12.7. The van der Waals surface area contributed by atoms with Crippen LogP contribution in [0.1, 0.15) is 41.6 Å². The van der Waals surface area contributed by atoms with E-state index in [9.17, 15) is 9.59 Å². The van der Waals surface area contributed by atoms with E-state index in [1.807, 2.05) is 60.0 Å². The van der Waals surface area contributed by atoms with Gasteiger partial charge in [0.05, 0.1) is 10.6 Å². The molecule has 0 atom stereocenters. The highest BCUT2D eigenvalue weighted by molar-refractivity contribution is 8.26. The van der Waals surface area contributed by atoms with Crippen molar-refractivity contribution in [2.24, 2.45) is 0 Å². The Morgan fingerprint density at radius 3 is 1.91 bits per heavy atom. The number of carbonyl (C=O) groups is 2. The molecule has 0 aliphatic carbocycles. The van der Waals surface area contributed by atoms with E-state index in [0.29, 0.717) is 15.7 Å². The van der Waals surface area contributed by atoms with Crippen molar-refractivity contribution in [2.75, 3.05) is 25.0 Å². The number of thiazole rings is 1. The summed E-state index contributed by atoms with van der Waals surface area (Å²) in [4.78, 5) is 30.0. The number of carboxylic acids is 1. The third-order valence-electron chi connectivity index (χ3n) is 7.09. The van der Waals surface area contributed by atoms with Gasteiger partial charge >= 0.3 is 5.97 Å². The molecule has 10 heteroatoms. The lowest BCUT2D eigenvalue weighted by atomic mass is 9.77. The highest BCUT2D eigenvalue weighted by Gasteiger charge is 2.37. The minimum Gasteiger partial charge on any atom is -0.480 e. The summed E-state index contributed by atoms with van der Waals surface area (Å²) in [6.07, 6.45) is 5.87. The lowest BCUT2D eigenvalue weighted by Crippen LogP contribution is -2.38. The summed E-state index contributed by atoms with van der Waals surface area (Å²) in [5, 5.41) is 18.6. The zero-order chi connectivity index (χ0) is 30.1. The molecule has 220 valence electrons. The fourth-order valence-corrected chi connectivity index (χ4v) is 7.02. The average Bonchev–Trinajstić information content (AvgIpc) is 3.60. The van der Waals surface area contributed by atoms with E-state index >= 15 is 0 Å². The van der Waals surface area contributed by atoms with Gasteiger partial charge in [-0.3, -0.25) is 14.5 Å². The summed E-state index contributed by atoms with van der Waals surface area (Å²) >= 11 is 7.71. The van der Waals surface area contributed by atoms with Crippen molar-refractivity contribution in [1.29, 1.82) is 0 Å². The number of hydrogen-bond donors (Lipinski definition) is 3. The molecule has 1 amide bonds. The first-order chi connectivity index (χ1) is 21.0. The molecule has 2 fully saturated rings. The number of hydrogen-bond acceptors (Lipinski definition) is 8. The number of rotatable bonds is 8. The minimum absolute atomic E-state index is 0.225. The Morgan fingerprint density at radius 2 is 1.47 bits per heavy atom. The van der Waals surface area contributed by atoms with E-state index < -0.39 is 24.0 Å². The monoisotopic (exact) mass is 628 g/mol. The molecule has 7 nitrogen and oxygen atoms in total. The second-order valence-electron chi connectivity index (χ2n) is 10.0. The van der Waals surface area contributed by atoms with Crippen LogP contribution in [0.3, 0.4) is 0 Å². The van der Waals surface area contributed by atoms with Gasteiger partial charge in [0, 0.05) is 5.38 Å². The number of aromatic nitrogens is 1. The van der Waals surface area contributed by atoms with Crippen LogP contribution in [-0.2, 0) is 15.1 Å².